The molecule has 6 heteroatoms. The highest BCUT2D eigenvalue weighted by Gasteiger charge is 2.50. The van der Waals surface area contributed by atoms with Crippen LogP contribution in [0.5, 0.6) is 0 Å². The van der Waals surface area contributed by atoms with Crippen LogP contribution in [0.1, 0.15) is 26.7 Å². The Morgan fingerprint density at radius 1 is 1.26 bits per heavy atom. The Balaban J connectivity index is 3.35. The molecule has 1 rings (SSSR count). The summed E-state index contributed by atoms with van der Waals surface area (Å²) in [4.78, 5) is 9.73. The van der Waals surface area contributed by atoms with Crippen LogP contribution >= 0.6 is 0 Å². The molecule has 0 radical (unpaired) electrons. The third-order valence-electron chi connectivity index (χ3n) is 2.87. The fourth-order valence-electron chi connectivity index (χ4n) is 1.80. The summed E-state index contributed by atoms with van der Waals surface area (Å²) in [5.74, 6) is -0.979. The number of hydrogen-bond acceptors (Lipinski definition) is 4. The summed E-state index contributed by atoms with van der Waals surface area (Å²) < 4.78 is 30.6. The fourth-order valence-corrected chi connectivity index (χ4v) is 3.58. The van der Waals surface area contributed by atoms with Crippen molar-refractivity contribution < 1.29 is 17.9 Å². The molecule has 0 heterocycles. The number of amides is 1. The summed E-state index contributed by atoms with van der Waals surface area (Å²) in [6.45, 7) is 3.56. The van der Waals surface area contributed by atoms with Crippen molar-refractivity contribution in [3.8, 4) is 0 Å². The summed E-state index contributed by atoms with van der Waals surface area (Å²) in [5.41, 5.74) is 5.30. The second-order valence-corrected chi connectivity index (χ2v) is 6.27. The van der Waals surface area contributed by atoms with Gasteiger partial charge in [0, 0.05) is 6.61 Å². The van der Waals surface area contributed by atoms with Crippen LogP contribution in [0.4, 0.5) is 0 Å². The van der Waals surface area contributed by atoms with Gasteiger partial charge >= 0.3 is 0 Å². The van der Waals surface area contributed by atoms with Gasteiger partial charge in [-0.2, -0.15) is 0 Å². The quantitative estimate of drug-likeness (QED) is 0.822. The first-order valence-corrected chi connectivity index (χ1v) is 7.64. The number of carbonyl (C=O) groups excluding carboxylic acids is 1. The van der Waals surface area contributed by atoms with Crippen molar-refractivity contribution in [3.63, 3.8) is 0 Å². The Bertz CT molecular complexity index is 527. The van der Waals surface area contributed by atoms with E-state index in [2.05, 4.69) is 0 Å². The Morgan fingerprint density at radius 3 is 2.26 bits per heavy atom. The van der Waals surface area contributed by atoms with Gasteiger partial charge in [-0.25, -0.2) is 8.42 Å². The predicted octanol–water partition coefficient (Wildman–Crippen LogP) is 1.48. The van der Waals surface area contributed by atoms with Crippen molar-refractivity contribution in [2.24, 2.45) is 5.73 Å². The molecular formula is C13H19NO4S. The third-order valence-corrected chi connectivity index (χ3v) is 5.24. The second kappa shape index (κ2) is 6.16. The molecule has 0 aliphatic heterocycles. The number of nitrogens with two attached hydrogens (primary N) is 1. The first-order chi connectivity index (χ1) is 8.92. The molecule has 1 aromatic carbocycles. The minimum absolute atomic E-state index is 0.0282. The summed E-state index contributed by atoms with van der Waals surface area (Å²) in [6, 6.07) is 7.74. The third kappa shape index (κ3) is 2.79. The number of primary amides is 1. The summed E-state index contributed by atoms with van der Waals surface area (Å²) in [7, 11) is -3.98. The SMILES string of the molecule is CCCOC(CC)(C(N)=O)S(=O)(=O)c1ccccc1. The van der Waals surface area contributed by atoms with Crippen LogP contribution in [-0.4, -0.2) is 25.9 Å². The maximum Gasteiger partial charge on any atom is 0.265 e. The molecule has 1 unspecified atom stereocenters. The van der Waals surface area contributed by atoms with E-state index in [0.29, 0.717) is 6.42 Å². The number of rotatable bonds is 7. The van der Waals surface area contributed by atoms with E-state index in [-0.39, 0.29) is 17.9 Å². The molecule has 106 valence electrons. The van der Waals surface area contributed by atoms with Gasteiger partial charge in [0.25, 0.3) is 10.8 Å². The molecule has 19 heavy (non-hydrogen) atoms. The summed E-state index contributed by atoms with van der Waals surface area (Å²) >= 11 is 0. The molecule has 1 atom stereocenters. The molecule has 0 aliphatic carbocycles. The van der Waals surface area contributed by atoms with Crippen molar-refractivity contribution in [3.05, 3.63) is 30.3 Å². The zero-order valence-corrected chi connectivity index (χ0v) is 11.9. The van der Waals surface area contributed by atoms with Gasteiger partial charge in [0.05, 0.1) is 4.90 Å². The number of sulfone groups is 1. The Labute approximate surface area is 113 Å². The molecule has 1 amide bonds. The number of benzene rings is 1. The highest BCUT2D eigenvalue weighted by molar-refractivity contribution is 7.93. The molecule has 5 nitrogen and oxygen atoms in total. The molecular weight excluding hydrogens is 266 g/mol. The average Bonchev–Trinajstić information content (AvgIpc) is 2.40. The van der Waals surface area contributed by atoms with Crippen LogP contribution in [0.2, 0.25) is 0 Å². The Kier molecular flexibility index (Phi) is 5.08. The average molecular weight is 285 g/mol. The van der Waals surface area contributed by atoms with Gasteiger partial charge < -0.3 is 10.5 Å². The minimum atomic E-state index is -3.98. The highest BCUT2D eigenvalue weighted by atomic mass is 32.2. The largest absolute Gasteiger partial charge is 0.366 e. The van der Waals surface area contributed by atoms with Gasteiger partial charge in [-0.3, -0.25) is 4.79 Å². The van der Waals surface area contributed by atoms with Gasteiger partial charge in [-0.15, -0.1) is 0 Å². The monoisotopic (exact) mass is 285 g/mol. The summed E-state index contributed by atoms with van der Waals surface area (Å²) in [5, 5.41) is 0. The van der Waals surface area contributed by atoms with E-state index >= 15 is 0 Å². The van der Waals surface area contributed by atoms with E-state index in [9.17, 15) is 13.2 Å². The van der Waals surface area contributed by atoms with E-state index in [4.69, 9.17) is 10.5 Å². The molecule has 0 aliphatic rings. The standard InChI is InChI=1S/C13H19NO4S/c1-3-10-18-13(4-2,12(14)15)19(16,17)11-8-6-5-7-9-11/h5-9H,3-4,10H2,1-2H3,(H2,14,15). The Morgan fingerprint density at radius 2 is 1.84 bits per heavy atom. The molecule has 0 spiro atoms. The lowest BCUT2D eigenvalue weighted by Crippen LogP contribution is -2.52. The van der Waals surface area contributed by atoms with E-state index < -0.39 is 20.7 Å². The van der Waals surface area contributed by atoms with Gasteiger partial charge in [0.1, 0.15) is 0 Å². The highest BCUT2D eigenvalue weighted by Crippen LogP contribution is 2.30. The zero-order chi connectivity index (χ0) is 14.5. The van der Waals surface area contributed by atoms with Gasteiger partial charge in [-0.05, 0) is 25.0 Å². The fraction of sp³-hybridized carbons (Fsp3) is 0.462. The summed E-state index contributed by atoms with van der Waals surface area (Å²) in [6.07, 6.45) is 0.568. The molecule has 2 N–H and O–H groups in total. The van der Waals surface area contributed by atoms with Crippen molar-refractivity contribution in [1.82, 2.24) is 0 Å². The number of hydrogen-bond donors (Lipinski definition) is 1. The first-order valence-electron chi connectivity index (χ1n) is 6.16. The maximum absolute atomic E-state index is 12.6. The molecule has 0 fully saturated rings. The van der Waals surface area contributed by atoms with E-state index in [1.54, 1.807) is 25.1 Å². The van der Waals surface area contributed by atoms with Crippen molar-refractivity contribution in [2.75, 3.05) is 6.61 Å². The zero-order valence-electron chi connectivity index (χ0n) is 11.1. The molecule has 0 saturated heterocycles. The van der Waals surface area contributed by atoms with Crippen molar-refractivity contribution >= 4 is 15.7 Å². The van der Waals surface area contributed by atoms with E-state index in [0.717, 1.165) is 0 Å². The number of ether oxygens (including phenoxy) is 1. The maximum atomic E-state index is 12.6. The normalized spacial score (nSPS) is 14.8. The Hall–Kier alpha value is -1.40. The topological polar surface area (TPSA) is 86.5 Å². The van der Waals surface area contributed by atoms with Crippen LogP contribution in [0.3, 0.4) is 0 Å². The first kappa shape index (κ1) is 15.7. The predicted molar refractivity (Wildman–Crippen MR) is 72.1 cm³/mol. The lowest BCUT2D eigenvalue weighted by molar-refractivity contribution is -0.133. The molecule has 1 aromatic rings. The van der Waals surface area contributed by atoms with Crippen LogP contribution in [0.25, 0.3) is 0 Å². The second-order valence-electron chi connectivity index (χ2n) is 4.14. The van der Waals surface area contributed by atoms with Crippen molar-refractivity contribution in [1.29, 1.82) is 0 Å². The lowest BCUT2D eigenvalue weighted by Gasteiger charge is -2.29. The van der Waals surface area contributed by atoms with E-state index in [1.807, 2.05) is 6.92 Å². The number of carbonyl (C=O) groups is 1. The smallest absolute Gasteiger partial charge is 0.265 e. The van der Waals surface area contributed by atoms with Crippen molar-refractivity contribution in [2.45, 2.75) is 36.5 Å². The van der Waals surface area contributed by atoms with E-state index in [1.165, 1.54) is 12.1 Å². The molecule has 0 aromatic heterocycles. The van der Waals surface area contributed by atoms with Crippen LogP contribution < -0.4 is 5.73 Å². The minimum Gasteiger partial charge on any atom is -0.366 e. The molecule has 0 saturated carbocycles. The molecule has 0 bridgehead atoms. The van der Waals surface area contributed by atoms with Crippen LogP contribution in [0.15, 0.2) is 35.2 Å². The van der Waals surface area contributed by atoms with Crippen LogP contribution in [-0.2, 0) is 19.4 Å². The van der Waals surface area contributed by atoms with Crippen LogP contribution in [0, 0.1) is 0 Å². The van der Waals surface area contributed by atoms with Gasteiger partial charge in [-0.1, -0.05) is 32.0 Å². The lowest BCUT2D eigenvalue weighted by atomic mass is 10.2. The van der Waals surface area contributed by atoms with Gasteiger partial charge in [0.15, 0.2) is 0 Å². The van der Waals surface area contributed by atoms with Gasteiger partial charge in [0.2, 0.25) is 9.84 Å².